The summed E-state index contributed by atoms with van der Waals surface area (Å²) in [5.41, 5.74) is 1.05. The Bertz CT molecular complexity index is 1230. The lowest BCUT2D eigenvalue weighted by molar-refractivity contribution is -0.384. The quantitative estimate of drug-likeness (QED) is 0.395. The van der Waals surface area contributed by atoms with Gasteiger partial charge in [-0.3, -0.25) is 14.5 Å². The van der Waals surface area contributed by atoms with Gasteiger partial charge in [0.25, 0.3) is 5.69 Å². The number of nitro groups is 1. The molecule has 0 N–H and O–H groups in total. The standard InChI is InChI=1S/C21H26N6O4S/c1-3-25(4-2)32(30,31)17-8-9-18(19(15-17)27(28)29)24-13-10-16(11-14-24)21-23-22-20-7-5-6-12-26(20)21/h5-9,12,15-16H,3-4,10-11,13-14H2,1-2H3. The van der Waals surface area contributed by atoms with Crippen LogP contribution in [-0.2, 0) is 10.0 Å². The van der Waals surface area contributed by atoms with Crippen LogP contribution in [-0.4, -0.2) is 58.4 Å². The van der Waals surface area contributed by atoms with Crippen LogP contribution >= 0.6 is 0 Å². The molecule has 0 atom stereocenters. The maximum absolute atomic E-state index is 12.8. The van der Waals surface area contributed by atoms with E-state index in [1.54, 1.807) is 19.9 Å². The molecule has 2 aromatic heterocycles. The highest BCUT2D eigenvalue weighted by molar-refractivity contribution is 7.89. The number of fused-ring (bicyclic) bond motifs is 1. The van der Waals surface area contributed by atoms with Crippen molar-refractivity contribution in [3.63, 3.8) is 0 Å². The highest BCUT2D eigenvalue weighted by Gasteiger charge is 2.30. The minimum Gasteiger partial charge on any atom is -0.366 e. The number of hydrogen-bond donors (Lipinski definition) is 0. The lowest BCUT2D eigenvalue weighted by atomic mass is 9.95. The third-order valence-corrected chi connectivity index (χ3v) is 8.07. The Morgan fingerprint density at radius 3 is 2.50 bits per heavy atom. The molecule has 1 aliphatic heterocycles. The van der Waals surface area contributed by atoms with Gasteiger partial charge in [-0.15, -0.1) is 10.2 Å². The lowest BCUT2D eigenvalue weighted by Gasteiger charge is -2.32. The number of pyridine rings is 1. The molecule has 11 heteroatoms. The summed E-state index contributed by atoms with van der Waals surface area (Å²) in [7, 11) is -3.77. The number of piperidine rings is 1. The molecule has 3 aromatic rings. The van der Waals surface area contributed by atoms with Gasteiger partial charge in [0.05, 0.1) is 9.82 Å². The van der Waals surface area contributed by atoms with Gasteiger partial charge in [0.2, 0.25) is 10.0 Å². The van der Waals surface area contributed by atoms with E-state index < -0.39 is 14.9 Å². The Morgan fingerprint density at radius 2 is 1.84 bits per heavy atom. The number of nitro benzene ring substituents is 1. The Balaban J connectivity index is 1.57. The zero-order chi connectivity index (χ0) is 22.9. The smallest absolute Gasteiger partial charge is 0.293 e. The predicted octanol–water partition coefficient (Wildman–Crippen LogP) is 3.05. The van der Waals surface area contributed by atoms with Gasteiger partial charge >= 0.3 is 0 Å². The summed E-state index contributed by atoms with van der Waals surface area (Å²) in [6.45, 7) is 5.31. The molecule has 10 nitrogen and oxygen atoms in total. The van der Waals surface area contributed by atoms with Crippen LogP contribution in [0.25, 0.3) is 5.65 Å². The van der Waals surface area contributed by atoms with Crippen molar-refractivity contribution in [1.29, 1.82) is 0 Å². The zero-order valence-corrected chi connectivity index (χ0v) is 18.9. The first-order valence-electron chi connectivity index (χ1n) is 10.7. The second-order valence-corrected chi connectivity index (χ2v) is 9.68. The normalized spacial score (nSPS) is 15.5. The van der Waals surface area contributed by atoms with Crippen molar-refractivity contribution in [2.45, 2.75) is 37.5 Å². The molecule has 0 radical (unpaired) electrons. The third-order valence-electron chi connectivity index (χ3n) is 6.03. The third kappa shape index (κ3) is 3.93. The van der Waals surface area contributed by atoms with Crippen molar-refractivity contribution in [2.24, 2.45) is 0 Å². The topological polar surface area (TPSA) is 114 Å². The average molecular weight is 459 g/mol. The summed E-state index contributed by atoms with van der Waals surface area (Å²) >= 11 is 0. The fraction of sp³-hybridized carbons (Fsp3) is 0.429. The molecular weight excluding hydrogens is 432 g/mol. The van der Waals surface area contributed by atoms with Crippen LogP contribution in [0.15, 0.2) is 47.5 Å². The Hall–Kier alpha value is -3.05. The van der Waals surface area contributed by atoms with Crippen molar-refractivity contribution >= 4 is 27.0 Å². The zero-order valence-electron chi connectivity index (χ0n) is 18.1. The number of hydrogen-bond acceptors (Lipinski definition) is 7. The van der Waals surface area contributed by atoms with Gasteiger partial charge in [-0.2, -0.15) is 4.31 Å². The maximum atomic E-state index is 12.8. The molecule has 0 bridgehead atoms. The summed E-state index contributed by atoms with van der Waals surface area (Å²) in [5.74, 6) is 1.10. The van der Waals surface area contributed by atoms with Crippen LogP contribution in [0.2, 0.25) is 0 Å². The van der Waals surface area contributed by atoms with E-state index >= 15 is 0 Å². The largest absolute Gasteiger partial charge is 0.366 e. The number of sulfonamides is 1. The SMILES string of the molecule is CCN(CC)S(=O)(=O)c1ccc(N2CCC(c3nnc4ccccn34)CC2)c([N+](=O)[O-])c1. The van der Waals surface area contributed by atoms with Gasteiger partial charge in [-0.1, -0.05) is 19.9 Å². The van der Waals surface area contributed by atoms with E-state index in [4.69, 9.17) is 0 Å². The fourth-order valence-corrected chi connectivity index (χ4v) is 5.79. The molecule has 1 fully saturated rings. The summed E-state index contributed by atoms with van der Waals surface area (Å²) in [5, 5.41) is 20.4. The lowest BCUT2D eigenvalue weighted by Crippen LogP contribution is -2.34. The number of anilines is 1. The highest BCUT2D eigenvalue weighted by Crippen LogP contribution is 2.36. The van der Waals surface area contributed by atoms with E-state index in [1.165, 1.54) is 16.4 Å². The van der Waals surface area contributed by atoms with Gasteiger partial charge < -0.3 is 4.90 Å². The molecule has 1 aliphatic rings. The van der Waals surface area contributed by atoms with E-state index in [0.717, 1.165) is 24.3 Å². The monoisotopic (exact) mass is 458 g/mol. The molecule has 0 amide bonds. The maximum Gasteiger partial charge on any atom is 0.293 e. The van der Waals surface area contributed by atoms with E-state index in [1.807, 2.05) is 33.7 Å². The van der Waals surface area contributed by atoms with Gasteiger partial charge in [0.1, 0.15) is 11.5 Å². The van der Waals surface area contributed by atoms with Gasteiger partial charge in [0.15, 0.2) is 5.65 Å². The molecule has 0 aliphatic carbocycles. The summed E-state index contributed by atoms with van der Waals surface area (Å²) in [4.78, 5) is 13.2. The highest BCUT2D eigenvalue weighted by atomic mass is 32.2. The average Bonchev–Trinajstić information content (AvgIpc) is 3.23. The molecular formula is C21H26N6O4S. The molecule has 0 unspecified atom stereocenters. The minimum atomic E-state index is -3.77. The first kappa shape index (κ1) is 22.2. The summed E-state index contributed by atoms with van der Waals surface area (Å²) in [6, 6.07) is 9.96. The summed E-state index contributed by atoms with van der Waals surface area (Å²) < 4.78 is 28.9. The van der Waals surface area contributed by atoms with Crippen molar-refractivity contribution in [3.8, 4) is 0 Å². The molecule has 1 saturated heterocycles. The molecule has 32 heavy (non-hydrogen) atoms. The first-order valence-corrected chi connectivity index (χ1v) is 12.1. The second-order valence-electron chi connectivity index (χ2n) is 7.75. The first-order chi connectivity index (χ1) is 15.4. The van der Waals surface area contributed by atoms with E-state index in [2.05, 4.69) is 10.2 Å². The van der Waals surface area contributed by atoms with Crippen LogP contribution in [0.4, 0.5) is 11.4 Å². The summed E-state index contributed by atoms with van der Waals surface area (Å²) in [6.07, 6.45) is 3.48. The molecule has 3 heterocycles. The van der Waals surface area contributed by atoms with Gasteiger partial charge in [0, 0.05) is 44.4 Å². The van der Waals surface area contributed by atoms with E-state index in [0.29, 0.717) is 31.9 Å². The van der Waals surface area contributed by atoms with Crippen LogP contribution in [0.5, 0.6) is 0 Å². The molecule has 0 saturated carbocycles. The Morgan fingerprint density at radius 1 is 1.12 bits per heavy atom. The molecule has 0 spiro atoms. The van der Waals surface area contributed by atoms with Crippen molar-refractivity contribution in [1.82, 2.24) is 18.9 Å². The van der Waals surface area contributed by atoms with E-state index in [9.17, 15) is 18.5 Å². The molecule has 4 rings (SSSR count). The van der Waals surface area contributed by atoms with Crippen LogP contribution in [0, 0.1) is 10.1 Å². The van der Waals surface area contributed by atoms with Crippen molar-refractivity contribution in [2.75, 3.05) is 31.1 Å². The van der Waals surface area contributed by atoms with Crippen LogP contribution < -0.4 is 4.90 Å². The van der Waals surface area contributed by atoms with E-state index in [-0.39, 0.29) is 16.5 Å². The number of aromatic nitrogens is 3. The van der Waals surface area contributed by atoms with Crippen LogP contribution in [0.3, 0.4) is 0 Å². The Labute approximate surface area is 186 Å². The van der Waals surface area contributed by atoms with Gasteiger partial charge in [-0.05, 0) is 37.1 Å². The Kier molecular flexibility index (Phi) is 6.11. The molecule has 1 aromatic carbocycles. The van der Waals surface area contributed by atoms with Crippen molar-refractivity contribution < 1.29 is 13.3 Å². The van der Waals surface area contributed by atoms with Crippen LogP contribution in [0.1, 0.15) is 38.4 Å². The van der Waals surface area contributed by atoms with Gasteiger partial charge in [-0.25, -0.2) is 8.42 Å². The second kappa shape index (κ2) is 8.83. The molecule has 170 valence electrons. The fourth-order valence-electron chi connectivity index (χ4n) is 4.31. The number of rotatable bonds is 7. The van der Waals surface area contributed by atoms with Crippen molar-refractivity contribution in [3.05, 3.63) is 58.5 Å². The predicted molar refractivity (Wildman–Crippen MR) is 120 cm³/mol. The number of nitrogens with zero attached hydrogens (tertiary/aromatic N) is 6. The number of benzene rings is 1. The minimum absolute atomic E-state index is 0.0542.